The molecule has 0 fully saturated rings. The number of rotatable bonds is 5. The van der Waals surface area contributed by atoms with Crippen molar-refractivity contribution in [3.8, 4) is 11.4 Å². The molecule has 1 amide bonds. The summed E-state index contributed by atoms with van der Waals surface area (Å²) in [4.78, 5) is 17.1. The van der Waals surface area contributed by atoms with E-state index in [1.54, 1.807) is 19.6 Å². The Morgan fingerprint density at radius 3 is 2.81 bits per heavy atom. The van der Waals surface area contributed by atoms with Gasteiger partial charge in [-0.25, -0.2) is 4.98 Å². The first kappa shape index (κ1) is 21.5. The number of imidazole rings is 1. The number of fused-ring (bicyclic) bond motifs is 1. The summed E-state index contributed by atoms with van der Waals surface area (Å²) < 4.78 is 7.48. The van der Waals surface area contributed by atoms with Crippen molar-refractivity contribution in [2.75, 3.05) is 12.4 Å². The molecule has 0 saturated carbocycles. The van der Waals surface area contributed by atoms with Crippen molar-refractivity contribution in [2.45, 2.75) is 39.7 Å². The number of anilines is 1. The Balaban J connectivity index is 1.51. The third kappa shape index (κ3) is 4.32. The molecule has 2 heterocycles. The third-order valence-electron chi connectivity index (χ3n) is 5.82. The van der Waals surface area contributed by atoms with Crippen LogP contribution in [0.2, 0.25) is 0 Å². The zero-order valence-corrected chi connectivity index (χ0v) is 18.9. The summed E-state index contributed by atoms with van der Waals surface area (Å²) >= 11 is 0. The van der Waals surface area contributed by atoms with Crippen molar-refractivity contribution in [1.29, 1.82) is 0 Å². The molecular weight excluding hydrogens is 402 g/mol. The van der Waals surface area contributed by atoms with Crippen molar-refractivity contribution in [3.05, 3.63) is 77.0 Å². The van der Waals surface area contributed by atoms with Gasteiger partial charge in [-0.05, 0) is 68.5 Å². The lowest BCUT2D eigenvalue weighted by atomic mass is 9.99. The van der Waals surface area contributed by atoms with E-state index in [2.05, 4.69) is 28.6 Å². The van der Waals surface area contributed by atoms with Crippen LogP contribution in [-0.4, -0.2) is 28.6 Å². The number of amides is 1. The first-order valence-electron chi connectivity index (χ1n) is 10.7. The molecule has 32 heavy (non-hydrogen) atoms. The van der Waals surface area contributed by atoms with Gasteiger partial charge >= 0.3 is 0 Å². The number of nitrogens with one attached hydrogen (secondary N) is 2. The Morgan fingerprint density at radius 2 is 2.09 bits per heavy atom. The van der Waals surface area contributed by atoms with E-state index in [1.165, 1.54) is 11.1 Å². The van der Waals surface area contributed by atoms with Crippen molar-refractivity contribution in [1.82, 2.24) is 14.9 Å². The van der Waals surface area contributed by atoms with Crippen LogP contribution < -0.4 is 21.1 Å². The van der Waals surface area contributed by atoms with Gasteiger partial charge in [0, 0.05) is 23.6 Å². The molecule has 4 rings (SSSR count). The maximum atomic E-state index is 12.8. The molecule has 0 saturated heterocycles. The Hall–Kier alpha value is -3.74. The van der Waals surface area contributed by atoms with Gasteiger partial charge in [0.25, 0.3) is 0 Å². The Bertz CT molecular complexity index is 1200. The minimum Gasteiger partial charge on any atom is -0.495 e. The number of benzene rings is 2. The second-order valence-corrected chi connectivity index (χ2v) is 8.26. The summed E-state index contributed by atoms with van der Waals surface area (Å²) in [6, 6.07) is 9.57. The van der Waals surface area contributed by atoms with Crippen LogP contribution in [-0.2, 0) is 11.2 Å². The lowest BCUT2D eigenvalue weighted by molar-refractivity contribution is -0.117. The fraction of sp³-hybridized carbons (Fsp3) is 0.280. The van der Waals surface area contributed by atoms with Crippen LogP contribution in [0, 0.1) is 20.8 Å². The topological polar surface area (TPSA) is 94.2 Å². The molecule has 0 spiro atoms. The van der Waals surface area contributed by atoms with E-state index < -0.39 is 0 Å². The summed E-state index contributed by atoms with van der Waals surface area (Å²) in [5.41, 5.74) is 13.9. The van der Waals surface area contributed by atoms with Crippen LogP contribution in [0.1, 0.15) is 34.4 Å². The number of ether oxygens (including phenoxy) is 1. The number of hydrogen-bond donors (Lipinski definition) is 3. The minimum absolute atomic E-state index is 0.0544. The van der Waals surface area contributed by atoms with Gasteiger partial charge in [0.05, 0.1) is 30.5 Å². The lowest BCUT2D eigenvalue weighted by Gasteiger charge is -2.15. The molecule has 1 aliphatic rings. The van der Waals surface area contributed by atoms with Gasteiger partial charge in [-0.1, -0.05) is 12.1 Å². The second kappa shape index (κ2) is 8.78. The second-order valence-electron chi connectivity index (χ2n) is 8.26. The Morgan fingerprint density at radius 1 is 1.28 bits per heavy atom. The highest BCUT2D eigenvalue weighted by Crippen LogP contribution is 2.28. The summed E-state index contributed by atoms with van der Waals surface area (Å²) in [5.74, 6) is 0.631. The lowest BCUT2D eigenvalue weighted by Crippen LogP contribution is -2.37. The van der Waals surface area contributed by atoms with E-state index in [1.807, 2.05) is 48.9 Å². The van der Waals surface area contributed by atoms with Gasteiger partial charge < -0.3 is 25.7 Å². The van der Waals surface area contributed by atoms with Crippen molar-refractivity contribution in [3.63, 3.8) is 0 Å². The molecule has 7 nitrogen and oxygen atoms in total. The maximum absolute atomic E-state index is 12.8. The van der Waals surface area contributed by atoms with Gasteiger partial charge in [-0.2, -0.15) is 0 Å². The van der Waals surface area contributed by atoms with Crippen molar-refractivity contribution < 1.29 is 9.53 Å². The zero-order valence-electron chi connectivity index (χ0n) is 18.9. The number of carbonyl (C=O) groups is 1. The van der Waals surface area contributed by atoms with E-state index in [0.717, 1.165) is 34.6 Å². The Labute approximate surface area is 188 Å². The molecule has 0 aliphatic carbocycles. The molecule has 1 aliphatic heterocycles. The van der Waals surface area contributed by atoms with Gasteiger partial charge in [-0.3, -0.25) is 4.79 Å². The number of methoxy groups -OCH3 is 1. The van der Waals surface area contributed by atoms with Gasteiger partial charge in [-0.15, -0.1) is 0 Å². The maximum Gasteiger partial charge on any atom is 0.246 e. The number of nitrogens with zero attached hydrogens (tertiary/aromatic N) is 2. The van der Waals surface area contributed by atoms with Gasteiger partial charge in [0.2, 0.25) is 5.91 Å². The highest BCUT2D eigenvalue weighted by atomic mass is 16.5. The van der Waals surface area contributed by atoms with Crippen molar-refractivity contribution >= 4 is 17.3 Å². The van der Waals surface area contributed by atoms with Gasteiger partial charge in [0.15, 0.2) is 0 Å². The summed E-state index contributed by atoms with van der Waals surface area (Å²) in [6.45, 7) is 6.07. The number of carbonyl (C=O) groups excluding carboxylic acids is 1. The first-order chi connectivity index (χ1) is 15.4. The molecule has 1 atom stereocenters. The fourth-order valence-electron chi connectivity index (χ4n) is 4.14. The number of aryl methyl sites for hydroxylation is 3. The fourth-order valence-corrected chi connectivity index (χ4v) is 4.14. The monoisotopic (exact) mass is 431 g/mol. The van der Waals surface area contributed by atoms with Crippen LogP contribution in [0.4, 0.5) is 5.69 Å². The Kier molecular flexibility index (Phi) is 5.90. The molecule has 1 unspecified atom stereocenters. The molecule has 0 bridgehead atoms. The molecule has 7 heteroatoms. The molecule has 3 aromatic rings. The zero-order chi connectivity index (χ0) is 22.8. The molecule has 166 valence electrons. The summed E-state index contributed by atoms with van der Waals surface area (Å²) in [7, 11) is 1.63. The highest BCUT2D eigenvalue weighted by molar-refractivity contribution is 5.96. The average Bonchev–Trinajstić information content (AvgIpc) is 3.12. The quantitative estimate of drug-likeness (QED) is 0.574. The molecule has 4 N–H and O–H groups in total. The molecular formula is C25H29N5O2. The van der Waals surface area contributed by atoms with E-state index in [0.29, 0.717) is 17.9 Å². The van der Waals surface area contributed by atoms with E-state index in [4.69, 9.17) is 10.5 Å². The smallest absolute Gasteiger partial charge is 0.246 e. The van der Waals surface area contributed by atoms with Crippen LogP contribution >= 0.6 is 0 Å². The standard InChI is InChI=1S/C25H29N5O2/c1-15-9-16(2)19-6-7-21(25(31)29-22(19)10-15)27-12-20(26)18-5-8-23(24(11-18)32-4)30-13-17(3)28-14-30/h5,8-14,21,27H,6-7,26H2,1-4H3,(H,29,31)/b20-12-. The number of hydrogen-bond acceptors (Lipinski definition) is 5. The first-order valence-corrected chi connectivity index (χ1v) is 10.7. The molecule has 0 radical (unpaired) electrons. The largest absolute Gasteiger partial charge is 0.495 e. The number of aromatic nitrogens is 2. The predicted molar refractivity (Wildman–Crippen MR) is 127 cm³/mol. The summed E-state index contributed by atoms with van der Waals surface area (Å²) in [5, 5.41) is 6.27. The SMILES string of the molecule is COc1cc(/C(N)=C/NC2CCc3c(C)cc(C)cc3NC2=O)ccc1-n1cnc(C)c1. The van der Waals surface area contributed by atoms with Crippen LogP contribution in [0.25, 0.3) is 11.4 Å². The molecule has 1 aromatic heterocycles. The van der Waals surface area contributed by atoms with E-state index >= 15 is 0 Å². The highest BCUT2D eigenvalue weighted by Gasteiger charge is 2.24. The van der Waals surface area contributed by atoms with E-state index in [-0.39, 0.29) is 11.9 Å². The summed E-state index contributed by atoms with van der Waals surface area (Å²) in [6.07, 6.45) is 6.89. The van der Waals surface area contributed by atoms with Crippen LogP contribution in [0.15, 0.2) is 49.1 Å². The average molecular weight is 432 g/mol. The predicted octanol–water partition coefficient (Wildman–Crippen LogP) is 3.61. The van der Waals surface area contributed by atoms with E-state index in [9.17, 15) is 4.79 Å². The van der Waals surface area contributed by atoms with Crippen molar-refractivity contribution in [2.24, 2.45) is 5.73 Å². The van der Waals surface area contributed by atoms with Crippen LogP contribution in [0.3, 0.4) is 0 Å². The van der Waals surface area contributed by atoms with Gasteiger partial charge in [0.1, 0.15) is 11.8 Å². The molecule has 2 aromatic carbocycles. The number of nitrogens with two attached hydrogens (primary N) is 1. The third-order valence-corrected chi connectivity index (χ3v) is 5.82. The normalized spacial score (nSPS) is 16.2. The minimum atomic E-state index is -0.365. The van der Waals surface area contributed by atoms with Crippen LogP contribution in [0.5, 0.6) is 5.75 Å².